The summed E-state index contributed by atoms with van der Waals surface area (Å²) < 4.78 is 31.6. The average molecular weight is 308 g/mol. The van der Waals surface area contributed by atoms with Gasteiger partial charge in [0.2, 0.25) is 10.0 Å². The van der Waals surface area contributed by atoms with Crippen LogP contribution in [-0.4, -0.2) is 20.8 Å². The maximum atomic E-state index is 11.7. The summed E-state index contributed by atoms with van der Waals surface area (Å²) in [6.45, 7) is 3.24. The molecule has 90 valence electrons. The first-order valence-electron chi connectivity index (χ1n) is 4.72. The van der Waals surface area contributed by atoms with Gasteiger partial charge in [-0.05, 0) is 41.9 Å². The molecule has 1 aromatic carbocycles. The lowest BCUT2D eigenvalue weighted by Crippen LogP contribution is -2.22. The van der Waals surface area contributed by atoms with Crippen molar-refractivity contribution in [3.8, 4) is 5.75 Å². The molecule has 0 amide bonds. The van der Waals surface area contributed by atoms with Crippen LogP contribution in [0.25, 0.3) is 0 Å². The zero-order valence-electron chi connectivity index (χ0n) is 9.32. The van der Waals surface area contributed by atoms with Crippen molar-refractivity contribution in [3.05, 3.63) is 22.7 Å². The fraction of sp³-hybridized carbons (Fsp3) is 0.400. The van der Waals surface area contributed by atoms with Gasteiger partial charge in [0.1, 0.15) is 5.75 Å². The van der Waals surface area contributed by atoms with E-state index in [4.69, 9.17) is 4.74 Å². The van der Waals surface area contributed by atoms with E-state index in [1.807, 2.05) is 0 Å². The third-order valence-electron chi connectivity index (χ3n) is 2.05. The van der Waals surface area contributed by atoms with Crippen LogP contribution in [0.3, 0.4) is 0 Å². The van der Waals surface area contributed by atoms with E-state index >= 15 is 0 Å². The third kappa shape index (κ3) is 3.12. The van der Waals surface area contributed by atoms with Gasteiger partial charge in [0.25, 0.3) is 0 Å². The highest BCUT2D eigenvalue weighted by molar-refractivity contribution is 9.10. The van der Waals surface area contributed by atoms with Crippen LogP contribution in [0, 0.1) is 0 Å². The van der Waals surface area contributed by atoms with E-state index in [0.29, 0.717) is 15.9 Å². The number of anilines is 1. The number of rotatable bonds is 4. The molecule has 0 saturated heterocycles. The van der Waals surface area contributed by atoms with Gasteiger partial charge >= 0.3 is 0 Å². The predicted octanol–water partition coefficient (Wildman–Crippen LogP) is 2.61. The molecule has 0 unspecified atom stereocenters. The second-order valence-corrected chi connectivity index (χ2v) is 6.63. The van der Waals surface area contributed by atoms with Crippen molar-refractivity contribution in [1.29, 1.82) is 0 Å². The van der Waals surface area contributed by atoms with E-state index in [9.17, 15) is 8.42 Å². The average Bonchev–Trinajstić information content (AvgIpc) is 2.21. The smallest absolute Gasteiger partial charge is 0.235 e. The zero-order chi connectivity index (χ0) is 12.3. The minimum Gasteiger partial charge on any atom is -0.497 e. The Morgan fingerprint density at radius 1 is 1.38 bits per heavy atom. The van der Waals surface area contributed by atoms with E-state index < -0.39 is 15.3 Å². The molecule has 0 aromatic heterocycles. The van der Waals surface area contributed by atoms with E-state index in [-0.39, 0.29) is 0 Å². The molecule has 4 nitrogen and oxygen atoms in total. The first-order valence-corrected chi connectivity index (χ1v) is 7.06. The highest BCUT2D eigenvalue weighted by Crippen LogP contribution is 2.28. The molecule has 0 radical (unpaired) electrons. The standard InChI is InChI=1S/C10H14BrNO3S/c1-7(2)16(13,14)12-10-6-8(15-3)4-5-9(10)11/h4-7,12H,1-3H3. The highest BCUT2D eigenvalue weighted by Gasteiger charge is 2.17. The first-order chi connectivity index (χ1) is 7.36. The van der Waals surface area contributed by atoms with Gasteiger partial charge in [-0.15, -0.1) is 0 Å². The maximum Gasteiger partial charge on any atom is 0.235 e. The molecule has 0 heterocycles. The summed E-state index contributed by atoms with van der Waals surface area (Å²) >= 11 is 3.28. The second-order valence-electron chi connectivity index (χ2n) is 3.54. The fourth-order valence-corrected chi connectivity index (χ4v) is 2.17. The fourth-order valence-electron chi connectivity index (χ4n) is 0.981. The topological polar surface area (TPSA) is 55.4 Å². The summed E-state index contributed by atoms with van der Waals surface area (Å²) in [5, 5.41) is -0.481. The molecular weight excluding hydrogens is 294 g/mol. The number of hydrogen-bond acceptors (Lipinski definition) is 3. The maximum absolute atomic E-state index is 11.7. The minimum absolute atomic E-state index is 0.480. The van der Waals surface area contributed by atoms with Crippen LogP contribution in [-0.2, 0) is 10.0 Å². The van der Waals surface area contributed by atoms with Gasteiger partial charge < -0.3 is 4.74 Å². The van der Waals surface area contributed by atoms with E-state index in [0.717, 1.165) is 0 Å². The van der Waals surface area contributed by atoms with Crippen LogP contribution in [0.1, 0.15) is 13.8 Å². The summed E-state index contributed by atoms with van der Waals surface area (Å²) in [6.07, 6.45) is 0. The molecule has 0 aliphatic heterocycles. The third-order valence-corrected chi connectivity index (χ3v) is 4.48. The molecule has 0 bridgehead atoms. The van der Waals surface area contributed by atoms with Gasteiger partial charge in [-0.25, -0.2) is 8.42 Å². The Bertz CT molecular complexity index is 471. The Balaban J connectivity index is 3.06. The Morgan fingerprint density at radius 3 is 2.50 bits per heavy atom. The Labute approximate surface area is 104 Å². The quantitative estimate of drug-likeness (QED) is 0.930. The molecule has 0 fully saturated rings. The van der Waals surface area contributed by atoms with Gasteiger partial charge in [-0.1, -0.05) is 0 Å². The largest absolute Gasteiger partial charge is 0.497 e. The molecule has 1 N–H and O–H groups in total. The monoisotopic (exact) mass is 307 g/mol. The number of sulfonamides is 1. The predicted molar refractivity (Wildman–Crippen MR) is 68.4 cm³/mol. The van der Waals surface area contributed by atoms with E-state index in [1.54, 1.807) is 32.0 Å². The van der Waals surface area contributed by atoms with Gasteiger partial charge in [0.05, 0.1) is 18.0 Å². The van der Waals surface area contributed by atoms with Crippen LogP contribution in [0.4, 0.5) is 5.69 Å². The van der Waals surface area contributed by atoms with Crippen molar-refractivity contribution in [1.82, 2.24) is 0 Å². The molecule has 0 saturated carbocycles. The van der Waals surface area contributed by atoms with Gasteiger partial charge in [-0.2, -0.15) is 0 Å². The summed E-state index contributed by atoms with van der Waals surface area (Å²) in [5.41, 5.74) is 0.480. The summed E-state index contributed by atoms with van der Waals surface area (Å²) in [5.74, 6) is 0.602. The van der Waals surface area contributed by atoms with Crippen LogP contribution in [0.15, 0.2) is 22.7 Å². The minimum atomic E-state index is -3.33. The van der Waals surface area contributed by atoms with E-state index in [1.165, 1.54) is 7.11 Å². The van der Waals surface area contributed by atoms with Crippen molar-refractivity contribution in [2.75, 3.05) is 11.8 Å². The lowest BCUT2D eigenvalue weighted by Gasteiger charge is -2.13. The molecule has 0 aliphatic rings. The molecule has 16 heavy (non-hydrogen) atoms. The Hall–Kier alpha value is -0.750. The zero-order valence-corrected chi connectivity index (χ0v) is 11.7. The summed E-state index contributed by atoms with van der Waals surface area (Å²) in [6, 6.07) is 5.11. The number of benzene rings is 1. The van der Waals surface area contributed by atoms with Gasteiger partial charge in [0, 0.05) is 10.5 Å². The van der Waals surface area contributed by atoms with Crippen molar-refractivity contribution in [2.24, 2.45) is 0 Å². The van der Waals surface area contributed by atoms with E-state index in [2.05, 4.69) is 20.7 Å². The van der Waals surface area contributed by atoms with Crippen LogP contribution in [0.2, 0.25) is 0 Å². The van der Waals surface area contributed by atoms with Crippen molar-refractivity contribution < 1.29 is 13.2 Å². The molecule has 0 atom stereocenters. The number of hydrogen-bond donors (Lipinski definition) is 1. The molecule has 1 rings (SSSR count). The van der Waals surface area contributed by atoms with Gasteiger partial charge in [-0.3, -0.25) is 4.72 Å². The Kier molecular flexibility index (Phi) is 4.21. The lowest BCUT2D eigenvalue weighted by atomic mass is 10.3. The SMILES string of the molecule is COc1ccc(Br)c(NS(=O)(=O)C(C)C)c1. The molecule has 6 heteroatoms. The van der Waals surface area contributed by atoms with Crippen LogP contribution < -0.4 is 9.46 Å². The number of ether oxygens (including phenoxy) is 1. The molecular formula is C10H14BrNO3S. The first kappa shape index (κ1) is 13.3. The highest BCUT2D eigenvalue weighted by atomic mass is 79.9. The molecule has 0 aliphatic carbocycles. The number of halogens is 1. The van der Waals surface area contributed by atoms with Crippen molar-refractivity contribution in [2.45, 2.75) is 19.1 Å². The van der Waals surface area contributed by atoms with Gasteiger partial charge in [0.15, 0.2) is 0 Å². The molecule has 1 aromatic rings. The van der Waals surface area contributed by atoms with Crippen molar-refractivity contribution >= 4 is 31.6 Å². The molecule has 0 spiro atoms. The summed E-state index contributed by atoms with van der Waals surface area (Å²) in [4.78, 5) is 0. The second kappa shape index (κ2) is 5.05. The lowest BCUT2D eigenvalue weighted by molar-refractivity contribution is 0.415. The van der Waals surface area contributed by atoms with Crippen LogP contribution in [0.5, 0.6) is 5.75 Å². The normalized spacial score (nSPS) is 11.6. The Morgan fingerprint density at radius 2 is 2.00 bits per heavy atom. The number of nitrogens with one attached hydrogen (secondary N) is 1. The van der Waals surface area contributed by atoms with Crippen molar-refractivity contribution in [3.63, 3.8) is 0 Å². The van der Waals surface area contributed by atoms with Crippen LogP contribution >= 0.6 is 15.9 Å². The summed E-state index contributed by atoms with van der Waals surface area (Å²) in [7, 11) is -1.80. The number of methoxy groups -OCH3 is 1.